The zero-order valence-electron chi connectivity index (χ0n) is 16.7. The van der Waals surface area contributed by atoms with Gasteiger partial charge in [-0.3, -0.25) is 4.79 Å². The summed E-state index contributed by atoms with van der Waals surface area (Å²) in [6.07, 6.45) is 9.93. The minimum absolute atomic E-state index is 0.0632. The highest BCUT2D eigenvalue weighted by Crippen LogP contribution is 2.64. The van der Waals surface area contributed by atoms with Gasteiger partial charge in [0.2, 0.25) is 0 Å². The first-order valence-corrected chi connectivity index (χ1v) is 10.6. The molecule has 0 heterocycles. The number of ether oxygens (including phenoxy) is 1. The number of esters is 1. The lowest BCUT2D eigenvalue weighted by Crippen LogP contribution is -2.56. The van der Waals surface area contributed by atoms with Crippen molar-refractivity contribution in [3.05, 3.63) is 0 Å². The molecule has 1 N–H and O–H groups in total. The Labute approximate surface area is 153 Å². The third-order valence-corrected chi connectivity index (χ3v) is 8.41. The van der Waals surface area contributed by atoms with Crippen LogP contribution in [-0.2, 0) is 9.53 Å². The highest BCUT2D eigenvalue weighted by molar-refractivity contribution is 5.77. The summed E-state index contributed by atoms with van der Waals surface area (Å²) in [5.74, 6) is 3.72. The van der Waals surface area contributed by atoms with Crippen LogP contribution in [0.3, 0.4) is 0 Å². The third kappa shape index (κ3) is 3.26. The van der Waals surface area contributed by atoms with Crippen molar-refractivity contribution in [3.63, 3.8) is 0 Å². The van der Waals surface area contributed by atoms with Crippen LogP contribution < -0.4 is 0 Å². The maximum Gasteiger partial charge on any atom is 0.312 e. The smallest absolute Gasteiger partial charge is 0.312 e. The van der Waals surface area contributed by atoms with Crippen LogP contribution in [0, 0.1) is 40.4 Å². The van der Waals surface area contributed by atoms with E-state index in [0.717, 1.165) is 36.5 Å². The normalized spacial score (nSPS) is 44.1. The number of hydrogen-bond donors (Lipinski definition) is 1. The van der Waals surface area contributed by atoms with Crippen molar-refractivity contribution in [1.29, 1.82) is 0 Å². The van der Waals surface area contributed by atoms with Gasteiger partial charge in [0, 0.05) is 0 Å². The maximum absolute atomic E-state index is 12.8. The molecule has 3 saturated carbocycles. The average molecular weight is 351 g/mol. The molecule has 3 fully saturated rings. The van der Waals surface area contributed by atoms with Crippen molar-refractivity contribution in [2.45, 2.75) is 79.1 Å². The molecule has 0 aromatic carbocycles. The molecular weight excluding hydrogens is 312 g/mol. The number of carbonyl (C=O) groups is 1. The van der Waals surface area contributed by atoms with Crippen LogP contribution in [0.15, 0.2) is 0 Å². The molecule has 3 rings (SSSR count). The molecule has 144 valence electrons. The molecule has 3 nitrogen and oxygen atoms in total. The van der Waals surface area contributed by atoms with Gasteiger partial charge in [-0.1, -0.05) is 27.2 Å². The van der Waals surface area contributed by atoms with Gasteiger partial charge in [0.1, 0.15) is 6.61 Å². The van der Waals surface area contributed by atoms with E-state index >= 15 is 0 Å². The second-order valence-corrected chi connectivity index (χ2v) is 9.95. The minimum atomic E-state index is -0.359. The molecule has 3 heteroatoms. The van der Waals surface area contributed by atoms with Crippen LogP contribution in [0.5, 0.6) is 0 Å². The van der Waals surface area contributed by atoms with Crippen molar-refractivity contribution in [3.8, 4) is 0 Å². The SMILES string of the molecule is CC(C)C1CC[C@H]2C(CCC3[C@](C)(C(=O)OCCO)CCC[C@@]32C)C1. The fourth-order valence-corrected chi connectivity index (χ4v) is 7.03. The molecule has 0 aliphatic heterocycles. The van der Waals surface area contributed by atoms with E-state index in [1.54, 1.807) is 0 Å². The molecule has 25 heavy (non-hydrogen) atoms. The van der Waals surface area contributed by atoms with Gasteiger partial charge in [-0.15, -0.1) is 0 Å². The van der Waals surface area contributed by atoms with Gasteiger partial charge >= 0.3 is 5.97 Å². The van der Waals surface area contributed by atoms with E-state index < -0.39 is 0 Å². The van der Waals surface area contributed by atoms with Crippen molar-refractivity contribution < 1.29 is 14.6 Å². The summed E-state index contributed by atoms with van der Waals surface area (Å²) in [4.78, 5) is 12.8. The first-order chi connectivity index (χ1) is 11.8. The Morgan fingerprint density at radius 1 is 1.16 bits per heavy atom. The van der Waals surface area contributed by atoms with E-state index in [-0.39, 0.29) is 30.0 Å². The summed E-state index contributed by atoms with van der Waals surface area (Å²) < 4.78 is 5.42. The summed E-state index contributed by atoms with van der Waals surface area (Å²) >= 11 is 0. The maximum atomic E-state index is 12.8. The molecular formula is C22H38O3. The summed E-state index contributed by atoms with van der Waals surface area (Å²) in [6.45, 7) is 9.46. The third-order valence-electron chi connectivity index (χ3n) is 8.41. The average Bonchev–Trinajstić information content (AvgIpc) is 2.58. The lowest BCUT2D eigenvalue weighted by atomic mass is 9.43. The van der Waals surface area contributed by atoms with Crippen molar-refractivity contribution in [2.24, 2.45) is 40.4 Å². The van der Waals surface area contributed by atoms with E-state index in [9.17, 15) is 4.79 Å². The molecule has 0 aromatic rings. The number of rotatable bonds is 4. The zero-order valence-corrected chi connectivity index (χ0v) is 16.7. The highest BCUT2D eigenvalue weighted by atomic mass is 16.5. The molecule has 0 bridgehead atoms. The quantitative estimate of drug-likeness (QED) is 0.740. The zero-order chi connectivity index (χ0) is 18.2. The van der Waals surface area contributed by atoms with E-state index in [2.05, 4.69) is 27.7 Å². The van der Waals surface area contributed by atoms with Gasteiger partial charge in [0.05, 0.1) is 12.0 Å². The molecule has 0 spiro atoms. The summed E-state index contributed by atoms with van der Waals surface area (Å²) in [7, 11) is 0. The van der Waals surface area contributed by atoms with E-state index in [1.165, 1.54) is 38.5 Å². The number of aliphatic hydroxyl groups is 1. The summed E-state index contributed by atoms with van der Waals surface area (Å²) in [6, 6.07) is 0. The first-order valence-electron chi connectivity index (χ1n) is 10.6. The topological polar surface area (TPSA) is 46.5 Å². The number of carbonyl (C=O) groups excluding carboxylic acids is 1. The Hall–Kier alpha value is -0.570. The van der Waals surface area contributed by atoms with Gasteiger partial charge in [0.15, 0.2) is 0 Å². The number of aliphatic hydroxyl groups excluding tert-OH is 1. The Balaban J connectivity index is 1.80. The van der Waals surface area contributed by atoms with Crippen molar-refractivity contribution >= 4 is 5.97 Å². The molecule has 3 aliphatic rings. The molecule has 0 saturated heterocycles. The Kier molecular flexibility index (Phi) is 5.54. The second kappa shape index (κ2) is 7.21. The minimum Gasteiger partial charge on any atom is -0.463 e. The van der Waals surface area contributed by atoms with Crippen LogP contribution in [-0.4, -0.2) is 24.3 Å². The van der Waals surface area contributed by atoms with E-state index in [4.69, 9.17) is 9.84 Å². The lowest BCUT2D eigenvalue weighted by Gasteiger charge is -2.61. The first kappa shape index (κ1) is 19.2. The molecule has 0 amide bonds. The molecule has 0 radical (unpaired) electrons. The fraction of sp³-hybridized carbons (Fsp3) is 0.955. The molecule has 3 unspecified atom stereocenters. The van der Waals surface area contributed by atoms with Gasteiger partial charge in [-0.05, 0) is 86.9 Å². The van der Waals surface area contributed by atoms with E-state index in [0.29, 0.717) is 5.92 Å². The largest absolute Gasteiger partial charge is 0.463 e. The van der Waals surface area contributed by atoms with Gasteiger partial charge in [0.25, 0.3) is 0 Å². The Morgan fingerprint density at radius 2 is 1.92 bits per heavy atom. The fourth-order valence-electron chi connectivity index (χ4n) is 7.03. The predicted molar refractivity (Wildman–Crippen MR) is 100.0 cm³/mol. The predicted octanol–water partition coefficient (Wildman–Crippen LogP) is 4.82. The molecule has 6 atom stereocenters. The standard InChI is InChI=1S/C22H38O3/c1-15(2)16-6-8-18-17(14-16)7-9-19-21(18,3)10-5-11-22(19,4)20(24)25-13-12-23/h15-19,23H,5-14H2,1-4H3/t16?,17?,18-,19?,21+,22+/m0/s1. The van der Waals surface area contributed by atoms with Gasteiger partial charge in [-0.2, -0.15) is 0 Å². The summed E-state index contributed by atoms with van der Waals surface area (Å²) in [5.41, 5.74) is -0.0713. The Bertz CT molecular complexity index is 488. The van der Waals surface area contributed by atoms with Crippen LogP contribution >= 0.6 is 0 Å². The highest BCUT2D eigenvalue weighted by Gasteiger charge is 2.59. The van der Waals surface area contributed by atoms with Crippen LogP contribution in [0.4, 0.5) is 0 Å². The van der Waals surface area contributed by atoms with Gasteiger partial charge < -0.3 is 9.84 Å². The molecule has 3 aliphatic carbocycles. The lowest BCUT2D eigenvalue weighted by molar-refractivity contribution is -0.179. The monoisotopic (exact) mass is 350 g/mol. The summed E-state index contributed by atoms with van der Waals surface area (Å²) in [5, 5.41) is 9.03. The van der Waals surface area contributed by atoms with Crippen molar-refractivity contribution in [1.82, 2.24) is 0 Å². The second-order valence-electron chi connectivity index (χ2n) is 9.95. The number of fused-ring (bicyclic) bond motifs is 3. The van der Waals surface area contributed by atoms with Crippen LogP contribution in [0.25, 0.3) is 0 Å². The Morgan fingerprint density at radius 3 is 2.60 bits per heavy atom. The van der Waals surface area contributed by atoms with E-state index in [1.807, 2.05) is 0 Å². The molecule has 0 aromatic heterocycles. The van der Waals surface area contributed by atoms with Crippen LogP contribution in [0.2, 0.25) is 0 Å². The number of hydrogen-bond acceptors (Lipinski definition) is 3. The van der Waals surface area contributed by atoms with Crippen LogP contribution in [0.1, 0.15) is 79.1 Å². The van der Waals surface area contributed by atoms with Gasteiger partial charge in [-0.25, -0.2) is 0 Å². The van der Waals surface area contributed by atoms with Crippen molar-refractivity contribution in [2.75, 3.05) is 13.2 Å².